The molecule has 4 heteroatoms. The SMILES string of the molecule is Cc1cc2c(Nc3cccc(Cl)c3C)ccc(N)c2cn1. The summed E-state index contributed by atoms with van der Waals surface area (Å²) in [6.45, 7) is 3.97. The Balaban J connectivity index is 2.15. The van der Waals surface area contributed by atoms with E-state index in [1.54, 1.807) is 0 Å². The van der Waals surface area contributed by atoms with Crippen LogP contribution in [0.3, 0.4) is 0 Å². The lowest BCUT2D eigenvalue weighted by Gasteiger charge is -2.14. The highest BCUT2D eigenvalue weighted by Gasteiger charge is 2.08. The number of nitrogen functional groups attached to an aromatic ring is 1. The second-order valence-electron chi connectivity index (χ2n) is 5.11. The van der Waals surface area contributed by atoms with Gasteiger partial charge in [0.25, 0.3) is 0 Å². The van der Waals surface area contributed by atoms with Crippen molar-refractivity contribution in [2.75, 3.05) is 11.1 Å². The fraction of sp³-hybridized carbons (Fsp3) is 0.118. The zero-order valence-electron chi connectivity index (χ0n) is 11.9. The molecule has 0 atom stereocenters. The maximum absolute atomic E-state index is 6.18. The van der Waals surface area contributed by atoms with E-state index in [2.05, 4.69) is 10.3 Å². The molecule has 1 heterocycles. The number of nitrogens with two attached hydrogens (primary N) is 1. The zero-order valence-corrected chi connectivity index (χ0v) is 12.7. The van der Waals surface area contributed by atoms with Crippen molar-refractivity contribution in [3.8, 4) is 0 Å². The largest absolute Gasteiger partial charge is 0.398 e. The Morgan fingerprint density at radius 2 is 1.86 bits per heavy atom. The van der Waals surface area contributed by atoms with Gasteiger partial charge in [-0.2, -0.15) is 0 Å². The first-order valence-electron chi connectivity index (χ1n) is 6.73. The first kappa shape index (κ1) is 13.7. The van der Waals surface area contributed by atoms with Gasteiger partial charge in [-0.25, -0.2) is 0 Å². The summed E-state index contributed by atoms with van der Waals surface area (Å²) >= 11 is 6.18. The Kier molecular flexibility index (Phi) is 3.43. The molecule has 0 aliphatic heterocycles. The Bertz CT molecular complexity index is 828. The number of fused-ring (bicyclic) bond motifs is 1. The average Bonchev–Trinajstić information content (AvgIpc) is 2.46. The van der Waals surface area contributed by atoms with Crippen LogP contribution in [-0.4, -0.2) is 4.98 Å². The molecule has 0 saturated heterocycles. The maximum Gasteiger partial charge on any atom is 0.0466 e. The van der Waals surface area contributed by atoms with E-state index in [1.165, 1.54) is 0 Å². The first-order chi connectivity index (χ1) is 10.1. The fourth-order valence-corrected chi connectivity index (χ4v) is 2.54. The second kappa shape index (κ2) is 5.26. The number of nitrogens with one attached hydrogen (secondary N) is 1. The molecule has 0 amide bonds. The van der Waals surface area contributed by atoms with Crippen molar-refractivity contribution in [1.82, 2.24) is 4.98 Å². The number of rotatable bonds is 2. The van der Waals surface area contributed by atoms with Crippen LogP contribution in [0.4, 0.5) is 17.1 Å². The van der Waals surface area contributed by atoms with E-state index in [1.807, 2.05) is 56.4 Å². The number of nitrogens with zero attached hydrogens (tertiary/aromatic N) is 1. The molecule has 1 aromatic heterocycles. The zero-order chi connectivity index (χ0) is 15.0. The van der Waals surface area contributed by atoms with E-state index in [0.717, 1.165) is 44.1 Å². The minimum Gasteiger partial charge on any atom is -0.398 e. The molecule has 21 heavy (non-hydrogen) atoms. The third-order valence-electron chi connectivity index (χ3n) is 3.61. The van der Waals surface area contributed by atoms with Gasteiger partial charge in [0.05, 0.1) is 0 Å². The highest BCUT2D eigenvalue weighted by Crippen LogP contribution is 2.32. The average molecular weight is 298 g/mol. The van der Waals surface area contributed by atoms with Crippen LogP contribution in [0, 0.1) is 13.8 Å². The second-order valence-corrected chi connectivity index (χ2v) is 5.52. The molecule has 3 rings (SSSR count). The van der Waals surface area contributed by atoms with Gasteiger partial charge in [0.15, 0.2) is 0 Å². The molecule has 3 N–H and O–H groups in total. The van der Waals surface area contributed by atoms with E-state index in [4.69, 9.17) is 17.3 Å². The molecule has 0 fully saturated rings. The van der Waals surface area contributed by atoms with E-state index in [9.17, 15) is 0 Å². The molecule has 0 bridgehead atoms. The molecule has 0 unspecified atom stereocenters. The van der Waals surface area contributed by atoms with Crippen LogP contribution in [0.15, 0.2) is 42.6 Å². The number of benzene rings is 2. The van der Waals surface area contributed by atoms with Crippen LogP contribution in [0.25, 0.3) is 10.8 Å². The van der Waals surface area contributed by atoms with Gasteiger partial charge in [0.2, 0.25) is 0 Å². The van der Waals surface area contributed by atoms with Crippen molar-refractivity contribution in [2.24, 2.45) is 0 Å². The smallest absolute Gasteiger partial charge is 0.0466 e. The minimum absolute atomic E-state index is 0.728. The number of aryl methyl sites for hydroxylation is 1. The van der Waals surface area contributed by atoms with Gasteiger partial charge < -0.3 is 11.1 Å². The van der Waals surface area contributed by atoms with E-state index >= 15 is 0 Å². The summed E-state index contributed by atoms with van der Waals surface area (Å²) in [5, 5.41) is 6.20. The summed E-state index contributed by atoms with van der Waals surface area (Å²) in [5.74, 6) is 0. The Hall–Kier alpha value is -2.26. The van der Waals surface area contributed by atoms with Crippen LogP contribution >= 0.6 is 11.6 Å². The van der Waals surface area contributed by atoms with Gasteiger partial charge in [-0.1, -0.05) is 17.7 Å². The number of halogens is 1. The van der Waals surface area contributed by atoms with E-state index < -0.39 is 0 Å². The Morgan fingerprint density at radius 1 is 1.05 bits per heavy atom. The lowest BCUT2D eigenvalue weighted by atomic mass is 10.1. The summed E-state index contributed by atoms with van der Waals surface area (Å²) in [7, 11) is 0. The summed E-state index contributed by atoms with van der Waals surface area (Å²) in [6, 6.07) is 11.7. The number of hydrogen-bond acceptors (Lipinski definition) is 3. The van der Waals surface area contributed by atoms with Gasteiger partial charge in [-0.3, -0.25) is 4.98 Å². The number of aromatic nitrogens is 1. The lowest BCUT2D eigenvalue weighted by Crippen LogP contribution is -1.97. The molecule has 0 aliphatic rings. The van der Waals surface area contributed by atoms with Crippen LogP contribution in [0.5, 0.6) is 0 Å². The molecule has 3 nitrogen and oxygen atoms in total. The number of anilines is 3. The highest BCUT2D eigenvalue weighted by atomic mass is 35.5. The van der Waals surface area contributed by atoms with E-state index in [0.29, 0.717) is 0 Å². The molecule has 0 aliphatic carbocycles. The monoisotopic (exact) mass is 297 g/mol. The molecule has 2 aromatic carbocycles. The number of pyridine rings is 1. The lowest BCUT2D eigenvalue weighted by molar-refractivity contribution is 1.22. The van der Waals surface area contributed by atoms with Crippen molar-refractivity contribution in [2.45, 2.75) is 13.8 Å². The molecule has 0 radical (unpaired) electrons. The maximum atomic E-state index is 6.18. The third-order valence-corrected chi connectivity index (χ3v) is 4.02. The van der Waals surface area contributed by atoms with Crippen LogP contribution < -0.4 is 11.1 Å². The van der Waals surface area contributed by atoms with Gasteiger partial charge in [-0.15, -0.1) is 0 Å². The van der Waals surface area contributed by atoms with Gasteiger partial charge in [0.1, 0.15) is 0 Å². The van der Waals surface area contributed by atoms with Gasteiger partial charge in [0, 0.05) is 44.7 Å². The van der Waals surface area contributed by atoms with Gasteiger partial charge in [-0.05, 0) is 49.7 Å². The standard InChI is InChI=1S/C17H16ClN3/c1-10-8-12-13(9-20-10)15(19)6-7-17(12)21-16-5-3-4-14(18)11(16)2/h3-9,21H,19H2,1-2H3. The summed E-state index contributed by atoms with van der Waals surface area (Å²) in [5.41, 5.74) is 10.7. The Morgan fingerprint density at radius 3 is 2.67 bits per heavy atom. The highest BCUT2D eigenvalue weighted by molar-refractivity contribution is 6.31. The molecule has 0 saturated carbocycles. The topological polar surface area (TPSA) is 50.9 Å². The minimum atomic E-state index is 0.728. The first-order valence-corrected chi connectivity index (χ1v) is 7.11. The molecule has 0 spiro atoms. The van der Waals surface area contributed by atoms with Crippen molar-refractivity contribution in [3.05, 3.63) is 58.9 Å². The van der Waals surface area contributed by atoms with Crippen LogP contribution in [0.2, 0.25) is 5.02 Å². The number of hydrogen-bond donors (Lipinski definition) is 2. The predicted molar refractivity (Wildman–Crippen MR) is 90.4 cm³/mol. The van der Waals surface area contributed by atoms with Crippen molar-refractivity contribution >= 4 is 39.4 Å². The quantitative estimate of drug-likeness (QED) is 0.666. The third kappa shape index (κ3) is 2.52. The summed E-state index contributed by atoms with van der Waals surface area (Å²) in [4.78, 5) is 4.32. The Labute approximate surface area is 128 Å². The molecule has 3 aromatic rings. The van der Waals surface area contributed by atoms with Crippen LogP contribution in [-0.2, 0) is 0 Å². The summed E-state index contributed by atoms with van der Waals surface area (Å²) in [6.07, 6.45) is 1.82. The predicted octanol–water partition coefficient (Wildman–Crippen LogP) is 4.83. The molecular formula is C17H16ClN3. The van der Waals surface area contributed by atoms with E-state index in [-0.39, 0.29) is 0 Å². The fourth-order valence-electron chi connectivity index (χ4n) is 2.36. The van der Waals surface area contributed by atoms with Crippen molar-refractivity contribution in [1.29, 1.82) is 0 Å². The van der Waals surface area contributed by atoms with Crippen LogP contribution in [0.1, 0.15) is 11.3 Å². The van der Waals surface area contributed by atoms with Gasteiger partial charge >= 0.3 is 0 Å². The summed E-state index contributed by atoms with van der Waals surface area (Å²) < 4.78 is 0. The van der Waals surface area contributed by atoms with Crippen molar-refractivity contribution < 1.29 is 0 Å². The molecular weight excluding hydrogens is 282 g/mol. The molecule has 106 valence electrons. The van der Waals surface area contributed by atoms with Crippen molar-refractivity contribution in [3.63, 3.8) is 0 Å². The normalized spacial score (nSPS) is 10.8.